The first-order valence-corrected chi connectivity index (χ1v) is 7.17. The lowest BCUT2D eigenvalue weighted by Crippen LogP contribution is -2.08. The van der Waals surface area contributed by atoms with Gasteiger partial charge in [-0.05, 0) is 31.5 Å². The molecule has 1 aromatic heterocycles. The van der Waals surface area contributed by atoms with Crippen LogP contribution in [0.15, 0.2) is 30.3 Å². The van der Waals surface area contributed by atoms with Gasteiger partial charge < -0.3 is 10.5 Å². The monoisotopic (exact) mass is 279 g/mol. The molecule has 0 aliphatic rings. The highest BCUT2D eigenvalue weighted by Crippen LogP contribution is 2.27. The van der Waals surface area contributed by atoms with Crippen molar-refractivity contribution in [2.24, 2.45) is 5.73 Å². The van der Waals surface area contributed by atoms with Crippen LogP contribution in [-0.4, -0.2) is 0 Å². The van der Waals surface area contributed by atoms with Crippen LogP contribution in [0.5, 0.6) is 5.75 Å². The van der Waals surface area contributed by atoms with Crippen LogP contribution in [0.25, 0.3) is 0 Å². The summed E-state index contributed by atoms with van der Waals surface area (Å²) in [6.45, 7) is 4.44. The minimum absolute atomic E-state index is 0.176. The highest BCUT2D eigenvalue weighted by atomic mass is 32.1. The number of halogens is 1. The van der Waals surface area contributed by atoms with E-state index in [-0.39, 0.29) is 11.9 Å². The quantitative estimate of drug-likeness (QED) is 0.896. The van der Waals surface area contributed by atoms with E-state index in [1.807, 2.05) is 13.0 Å². The first kappa shape index (κ1) is 14.0. The fraction of sp³-hybridized carbons (Fsp3) is 0.333. The van der Waals surface area contributed by atoms with Crippen molar-refractivity contribution in [2.75, 3.05) is 0 Å². The molecule has 4 heteroatoms. The number of nitrogens with two attached hydrogens (primary N) is 1. The maximum Gasteiger partial charge on any atom is 0.127 e. The lowest BCUT2D eigenvalue weighted by Gasteiger charge is -2.13. The van der Waals surface area contributed by atoms with Gasteiger partial charge in [0.25, 0.3) is 0 Å². The normalized spacial score (nSPS) is 12.4. The van der Waals surface area contributed by atoms with Crippen LogP contribution in [0.1, 0.15) is 35.2 Å². The number of aryl methyl sites for hydroxylation is 1. The third-order valence-corrected chi connectivity index (χ3v) is 4.10. The van der Waals surface area contributed by atoms with Crippen molar-refractivity contribution in [1.29, 1.82) is 0 Å². The van der Waals surface area contributed by atoms with Crippen molar-refractivity contribution >= 4 is 11.3 Å². The molecule has 19 heavy (non-hydrogen) atoms. The first-order chi connectivity index (χ1) is 9.10. The van der Waals surface area contributed by atoms with Crippen LogP contribution in [0.2, 0.25) is 0 Å². The summed E-state index contributed by atoms with van der Waals surface area (Å²) in [6, 6.07) is 8.46. The minimum atomic E-state index is -0.306. The lowest BCUT2D eigenvalue weighted by molar-refractivity contribution is 0.303. The fourth-order valence-corrected chi connectivity index (χ4v) is 2.72. The zero-order valence-electron chi connectivity index (χ0n) is 11.2. The molecule has 0 bridgehead atoms. The molecule has 2 rings (SSSR count). The number of rotatable bonds is 5. The summed E-state index contributed by atoms with van der Waals surface area (Å²) < 4.78 is 19.0. The van der Waals surface area contributed by atoms with Crippen LogP contribution in [0.4, 0.5) is 4.39 Å². The molecule has 2 aromatic rings. The van der Waals surface area contributed by atoms with Gasteiger partial charge in [0.05, 0.1) is 0 Å². The van der Waals surface area contributed by atoms with E-state index >= 15 is 0 Å². The van der Waals surface area contributed by atoms with Crippen LogP contribution in [-0.2, 0) is 13.0 Å². The van der Waals surface area contributed by atoms with E-state index in [1.54, 1.807) is 17.4 Å². The van der Waals surface area contributed by atoms with Gasteiger partial charge >= 0.3 is 0 Å². The van der Waals surface area contributed by atoms with Crippen molar-refractivity contribution in [2.45, 2.75) is 32.9 Å². The second kappa shape index (κ2) is 6.17. The zero-order valence-corrected chi connectivity index (χ0v) is 12.0. The average Bonchev–Trinajstić information content (AvgIpc) is 2.84. The summed E-state index contributed by atoms with van der Waals surface area (Å²) in [7, 11) is 0. The molecule has 0 saturated heterocycles. The molecule has 0 unspecified atom stereocenters. The Morgan fingerprint density at radius 1 is 1.26 bits per heavy atom. The Kier molecular flexibility index (Phi) is 4.56. The van der Waals surface area contributed by atoms with Gasteiger partial charge in [-0.15, -0.1) is 11.3 Å². The number of hydrogen-bond donors (Lipinski definition) is 1. The maximum atomic E-state index is 13.3. The van der Waals surface area contributed by atoms with E-state index in [4.69, 9.17) is 10.5 Å². The van der Waals surface area contributed by atoms with Crippen molar-refractivity contribution in [3.63, 3.8) is 0 Å². The molecular weight excluding hydrogens is 261 g/mol. The van der Waals surface area contributed by atoms with Crippen molar-refractivity contribution in [1.82, 2.24) is 0 Å². The highest BCUT2D eigenvalue weighted by molar-refractivity contribution is 7.11. The van der Waals surface area contributed by atoms with E-state index in [1.165, 1.54) is 17.0 Å². The summed E-state index contributed by atoms with van der Waals surface area (Å²) in [4.78, 5) is 2.46. The summed E-state index contributed by atoms with van der Waals surface area (Å²) in [5.41, 5.74) is 6.69. The second-order valence-electron chi connectivity index (χ2n) is 4.48. The van der Waals surface area contributed by atoms with Gasteiger partial charge in [-0.3, -0.25) is 0 Å². The van der Waals surface area contributed by atoms with Gasteiger partial charge in [0.15, 0.2) is 0 Å². The molecule has 0 fully saturated rings. The molecule has 1 heterocycles. The Bertz CT molecular complexity index is 551. The smallest absolute Gasteiger partial charge is 0.127 e. The Morgan fingerprint density at radius 3 is 2.63 bits per heavy atom. The van der Waals surface area contributed by atoms with Gasteiger partial charge in [0.2, 0.25) is 0 Å². The summed E-state index contributed by atoms with van der Waals surface area (Å²) in [5.74, 6) is 0.223. The van der Waals surface area contributed by atoms with Crippen molar-refractivity contribution in [3.8, 4) is 5.75 Å². The highest BCUT2D eigenvalue weighted by Gasteiger charge is 2.10. The average molecular weight is 279 g/mol. The van der Waals surface area contributed by atoms with E-state index in [0.29, 0.717) is 12.4 Å². The third-order valence-electron chi connectivity index (χ3n) is 2.90. The van der Waals surface area contributed by atoms with Crippen LogP contribution >= 0.6 is 11.3 Å². The number of benzene rings is 1. The Balaban J connectivity index is 2.12. The maximum absolute atomic E-state index is 13.3. The molecule has 1 aromatic carbocycles. The lowest BCUT2D eigenvalue weighted by atomic mass is 10.1. The number of thiophene rings is 1. The molecule has 0 spiro atoms. The summed E-state index contributed by atoms with van der Waals surface area (Å²) >= 11 is 1.72. The van der Waals surface area contributed by atoms with Crippen LogP contribution < -0.4 is 10.5 Å². The fourth-order valence-electron chi connectivity index (χ4n) is 1.85. The topological polar surface area (TPSA) is 35.2 Å². The molecule has 0 amide bonds. The molecule has 102 valence electrons. The second-order valence-corrected chi connectivity index (χ2v) is 5.73. The largest absolute Gasteiger partial charge is 0.488 e. The number of hydrogen-bond acceptors (Lipinski definition) is 3. The molecule has 2 nitrogen and oxygen atoms in total. The van der Waals surface area contributed by atoms with E-state index in [0.717, 1.165) is 16.9 Å². The predicted octanol–water partition coefficient (Wildman–Crippen LogP) is 4.05. The molecule has 0 radical (unpaired) electrons. The molecule has 2 N–H and O–H groups in total. The minimum Gasteiger partial charge on any atom is -0.488 e. The standard InChI is InChI=1S/C15H18FNOS/c1-3-12-5-6-13(19-12)9-18-15-8-11(16)4-7-14(15)10(2)17/h4-8,10H,3,9,17H2,1-2H3/t10-/m1/s1. The van der Waals surface area contributed by atoms with Gasteiger partial charge in [-0.2, -0.15) is 0 Å². The Morgan fingerprint density at radius 2 is 2.00 bits per heavy atom. The molecule has 1 atom stereocenters. The predicted molar refractivity (Wildman–Crippen MR) is 77.0 cm³/mol. The van der Waals surface area contributed by atoms with E-state index in [2.05, 4.69) is 13.0 Å². The van der Waals surface area contributed by atoms with Crippen molar-refractivity contribution in [3.05, 3.63) is 51.5 Å². The zero-order chi connectivity index (χ0) is 13.8. The van der Waals surface area contributed by atoms with Crippen molar-refractivity contribution < 1.29 is 9.13 Å². The first-order valence-electron chi connectivity index (χ1n) is 6.35. The van der Waals surface area contributed by atoms with Crippen LogP contribution in [0, 0.1) is 5.82 Å². The van der Waals surface area contributed by atoms with Crippen LogP contribution in [0.3, 0.4) is 0 Å². The van der Waals surface area contributed by atoms with E-state index < -0.39 is 0 Å². The molecule has 0 aliphatic carbocycles. The summed E-state index contributed by atoms with van der Waals surface area (Å²) in [6.07, 6.45) is 1.02. The van der Waals surface area contributed by atoms with Gasteiger partial charge in [-0.1, -0.05) is 13.0 Å². The summed E-state index contributed by atoms with van der Waals surface area (Å²) in [5, 5.41) is 0. The third kappa shape index (κ3) is 3.55. The van der Waals surface area contributed by atoms with Gasteiger partial charge in [-0.25, -0.2) is 4.39 Å². The Hall–Kier alpha value is -1.39. The molecule has 0 saturated carbocycles. The van der Waals surface area contributed by atoms with Gasteiger partial charge in [0.1, 0.15) is 18.2 Å². The SMILES string of the molecule is CCc1ccc(COc2cc(F)ccc2[C@@H](C)N)s1. The number of ether oxygens (including phenoxy) is 1. The Labute approximate surface area is 117 Å². The molecule has 0 aliphatic heterocycles. The van der Waals surface area contributed by atoms with E-state index in [9.17, 15) is 4.39 Å². The van der Waals surface area contributed by atoms with Gasteiger partial charge in [0, 0.05) is 27.4 Å². The molecular formula is C15H18FNOS.